The molecule has 1 aliphatic heterocycles. The van der Waals surface area contributed by atoms with Crippen LogP contribution in [0.25, 0.3) is 0 Å². The largest absolute Gasteiger partial charge is 0.460 e. The van der Waals surface area contributed by atoms with Crippen LogP contribution in [0.3, 0.4) is 0 Å². The molecule has 0 bridgehead atoms. The Bertz CT molecular complexity index is 519. The molecule has 7 nitrogen and oxygen atoms in total. The number of hydrogen-bond donors (Lipinski definition) is 0. The van der Waals surface area contributed by atoms with Crippen molar-refractivity contribution in [1.29, 1.82) is 0 Å². The van der Waals surface area contributed by atoms with Crippen molar-refractivity contribution in [3.8, 4) is 0 Å². The van der Waals surface area contributed by atoms with Crippen LogP contribution in [0.1, 0.15) is 57.2 Å². The van der Waals surface area contributed by atoms with Crippen molar-refractivity contribution in [3.05, 3.63) is 11.8 Å². The second-order valence-corrected chi connectivity index (χ2v) is 5.83. The zero-order valence-corrected chi connectivity index (χ0v) is 13.4. The Morgan fingerprint density at radius 3 is 2.55 bits per heavy atom. The zero-order valence-electron chi connectivity index (χ0n) is 13.4. The molecule has 0 atom stereocenters. The van der Waals surface area contributed by atoms with Gasteiger partial charge in [-0.05, 0) is 32.9 Å². The molecular formula is C15H23N3O4. The van der Waals surface area contributed by atoms with E-state index in [1.165, 1.54) is 0 Å². The van der Waals surface area contributed by atoms with Crippen LogP contribution in [-0.4, -0.2) is 53.1 Å². The first kappa shape index (κ1) is 16.6. The summed E-state index contributed by atoms with van der Waals surface area (Å²) in [5.74, 6) is 0.566. The van der Waals surface area contributed by atoms with Gasteiger partial charge in [0.05, 0.1) is 13.2 Å². The topological polar surface area (TPSA) is 85.5 Å². The van der Waals surface area contributed by atoms with E-state index in [0.717, 1.165) is 25.9 Å². The van der Waals surface area contributed by atoms with Gasteiger partial charge in [-0.2, -0.15) is 0 Å². The molecule has 0 N–H and O–H groups in total. The molecule has 1 saturated heterocycles. The van der Waals surface area contributed by atoms with Crippen LogP contribution in [0.15, 0.2) is 4.42 Å². The van der Waals surface area contributed by atoms with E-state index in [9.17, 15) is 9.59 Å². The van der Waals surface area contributed by atoms with E-state index >= 15 is 0 Å². The normalized spacial score (nSPS) is 16.9. The average molecular weight is 309 g/mol. The molecule has 0 amide bonds. The molecule has 122 valence electrons. The lowest BCUT2D eigenvalue weighted by atomic mass is 9.96. The number of piperidine rings is 1. The monoisotopic (exact) mass is 309 g/mol. The molecule has 0 radical (unpaired) electrons. The summed E-state index contributed by atoms with van der Waals surface area (Å²) in [5, 5.41) is 8.18. The molecule has 7 heteroatoms. The first-order chi connectivity index (χ1) is 10.5. The molecule has 1 aliphatic rings. The maximum atomic E-state index is 11.7. The lowest BCUT2D eigenvalue weighted by Crippen LogP contribution is -2.39. The Morgan fingerprint density at radius 2 is 2.00 bits per heavy atom. The maximum absolute atomic E-state index is 11.7. The number of hydrogen-bond acceptors (Lipinski definition) is 7. The highest BCUT2D eigenvalue weighted by molar-refractivity contribution is 6.34. The Hall–Kier alpha value is -1.76. The highest BCUT2D eigenvalue weighted by Gasteiger charge is 2.27. The van der Waals surface area contributed by atoms with Crippen LogP contribution in [-0.2, 0) is 14.3 Å². The van der Waals surface area contributed by atoms with Crippen molar-refractivity contribution in [1.82, 2.24) is 15.1 Å². The number of rotatable bonds is 6. The third-order valence-corrected chi connectivity index (χ3v) is 3.76. The lowest BCUT2D eigenvalue weighted by molar-refractivity contribution is -0.154. The lowest BCUT2D eigenvalue weighted by Gasteiger charge is -2.29. The van der Waals surface area contributed by atoms with Crippen molar-refractivity contribution in [3.63, 3.8) is 0 Å². The summed E-state index contributed by atoms with van der Waals surface area (Å²) in [5.41, 5.74) is 0. The predicted octanol–water partition coefficient (Wildman–Crippen LogP) is 1.50. The molecule has 1 aromatic rings. The van der Waals surface area contributed by atoms with Crippen LogP contribution in [0.4, 0.5) is 0 Å². The van der Waals surface area contributed by atoms with Crippen LogP contribution >= 0.6 is 0 Å². The third-order valence-electron chi connectivity index (χ3n) is 3.76. The average Bonchev–Trinajstić information content (AvgIpc) is 2.98. The van der Waals surface area contributed by atoms with E-state index < -0.39 is 11.8 Å². The van der Waals surface area contributed by atoms with Crippen LogP contribution in [0.5, 0.6) is 0 Å². The third kappa shape index (κ3) is 4.13. The number of carbonyl (C=O) groups excluding carboxylic acids is 2. The fraction of sp³-hybridized carbons (Fsp3) is 0.733. The minimum atomic E-state index is -0.747. The van der Waals surface area contributed by atoms with E-state index in [4.69, 9.17) is 9.15 Å². The predicted molar refractivity (Wildman–Crippen MR) is 78.4 cm³/mol. The maximum Gasteiger partial charge on any atom is 0.375 e. The van der Waals surface area contributed by atoms with Gasteiger partial charge in [-0.3, -0.25) is 9.69 Å². The van der Waals surface area contributed by atoms with Crippen LogP contribution in [0.2, 0.25) is 0 Å². The number of likely N-dealkylation sites (tertiary alicyclic amines) is 1. The summed E-state index contributed by atoms with van der Waals surface area (Å²) >= 11 is 0. The molecule has 0 unspecified atom stereocenters. The number of ether oxygens (including phenoxy) is 1. The number of ketones is 1. The minimum absolute atomic E-state index is 0.118. The Balaban J connectivity index is 1.82. The van der Waals surface area contributed by atoms with Gasteiger partial charge in [0.15, 0.2) is 0 Å². The van der Waals surface area contributed by atoms with Gasteiger partial charge in [0.25, 0.3) is 5.78 Å². The minimum Gasteiger partial charge on any atom is -0.460 e. The van der Waals surface area contributed by atoms with Gasteiger partial charge < -0.3 is 9.15 Å². The molecular weight excluding hydrogens is 286 g/mol. The van der Waals surface area contributed by atoms with Crippen molar-refractivity contribution in [2.75, 3.05) is 26.2 Å². The zero-order chi connectivity index (χ0) is 16.1. The molecule has 1 aromatic heterocycles. The Morgan fingerprint density at radius 1 is 1.32 bits per heavy atom. The second-order valence-electron chi connectivity index (χ2n) is 5.83. The van der Waals surface area contributed by atoms with Crippen LogP contribution in [0, 0.1) is 0 Å². The van der Waals surface area contributed by atoms with Gasteiger partial charge in [0.2, 0.25) is 11.8 Å². The molecule has 0 spiro atoms. The Kier molecular flexibility index (Phi) is 5.65. The number of nitrogens with zero attached hydrogens (tertiary/aromatic N) is 3. The van der Waals surface area contributed by atoms with Gasteiger partial charge in [-0.1, -0.05) is 13.8 Å². The summed E-state index contributed by atoms with van der Waals surface area (Å²) in [6.07, 6.45) is 1.69. The fourth-order valence-electron chi connectivity index (χ4n) is 2.46. The molecule has 2 heterocycles. The molecule has 22 heavy (non-hydrogen) atoms. The molecule has 0 aliphatic carbocycles. The van der Waals surface area contributed by atoms with Gasteiger partial charge in [0.1, 0.15) is 0 Å². The van der Waals surface area contributed by atoms with Gasteiger partial charge in [-0.15, -0.1) is 10.2 Å². The molecule has 0 saturated carbocycles. The van der Waals surface area contributed by atoms with E-state index in [1.807, 2.05) is 18.7 Å². The van der Waals surface area contributed by atoms with Gasteiger partial charge in [-0.25, -0.2) is 4.79 Å². The summed E-state index contributed by atoms with van der Waals surface area (Å²) in [6.45, 7) is 7.52. The Labute approximate surface area is 130 Å². The summed E-state index contributed by atoms with van der Waals surface area (Å²) in [4.78, 5) is 25.0. The number of Topliss-reactive ketones (excluding diaryl/α,β-unsaturated/α-hetero) is 1. The SMILES string of the molecule is CCOC(=O)C(=O)CN1CCC(c2nnc(C(C)C)o2)CC1. The smallest absolute Gasteiger partial charge is 0.375 e. The molecule has 1 fully saturated rings. The van der Waals surface area contributed by atoms with E-state index in [1.54, 1.807) is 6.92 Å². The van der Waals surface area contributed by atoms with E-state index in [2.05, 4.69) is 10.2 Å². The molecule has 2 rings (SSSR count). The highest BCUT2D eigenvalue weighted by atomic mass is 16.5. The van der Waals surface area contributed by atoms with Crippen molar-refractivity contribution < 1.29 is 18.7 Å². The fourth-order valence-corrected chi connectivity index (χ4v) is 2.46. The van der Waals surface area contributed by atoms with Gasteiger partial charge >= 0.3 is 5.97 Å². The summed E-state index contributed by atoms with van der Waals surface area (Å²) in [6, 6.07) is 0. The first-order valence-corrected chi connectivity index (χ1v) is 7.76. The van der Waals surface area contributed by atoms with Gasteiger partial charge in [0, 0.05) is 11.8 Å². The number of esters is 1. The van der Waals surface area contributed by atoms with Crippen LogP contribution < -0.4 is 0 Å². The van der Waals surface area contributed by atoms with E-state index in [-0.39, 0.29) is 25.0 Å². The highest BCUT2D eigenvalue weighted by Crippen LogP contribution is 2.28. The number of aromatic nitrogens is 2. The first-order valence-electron chi connectivity index (χ1n) is 7.76. The summed E-state index contributed by atoms with van der Waals surface area (Å²) in [7, 11) is 0. The van der Waals surface area contributed by atoms with Crippen molar-refractivity contribution >= 4 is 11.8 Å². The standard InChI is InChI=1S/C15H23N3O4/c1-4-21-15(20)12(19)9-18-7-5-11(6-8-18)14-17-16-13(22-14)10(2)3/h10-11H,4-9H2,1-3H3. The van der Waals surface area contributed by atoms with Crippen molar-refractivity contribution in [2.24, 2.45) is 0 Å². The quantitative estimate of drug-likeness (QED) is 0.581. The molecule has 0 aromatic carbocycles. The van der Waals surface area contributed by atoms with E-state index in [0.29, 0.717) is 11.8 Å². The summed E-state index contributed by atoms with van der Waals surface area (Å²) < 4.78 is 10.4. The second kappa shape index (κ2) is 7.49. The van der Waals surface area contributed by atoms with Crippen molar-refractivity contribution in [2.45, 2.75) is 45.4 Å². The number of carbonyl (C=O) groups is 2.